The van der Waals surface area contributed by atoms with E-state index in [4.69, 9.17) is 14.6 Å². The average Bonchev–Trinajstić information content (AvgIpc) is 2.81. The van der Waals surface area contributed by atoms with E-state index in [0.717, 1.165) is 0 Å². The maximum atomic E-state index is 14.3. The molecule has 0 atom stereocenters. The summed E-state index contributed by atoms with van der Waals surface area (Å²) in [5.74, 6) is -8.23. The summed E-state index contributed by atoms with van der Waals surface area (Å²) in [7, 11) is 2.74. The minimum absolute atomic E-state index is 0.0737. The molecular weight excluding hydrogens is 384 g/mol. The number of aliphatic carboxylic acids is 1. The zero-order valence-corrected chi connectivity index (χ0v) is 13.7. The fourth-order valence-electron chi connectivity index (χ4n) is 1.93. The number of carboxylic acids is 1. The fraction of sp³-hybridized carbons (Fsp3) is 0.286. The molecule has 0 radical (unpaired) electrons. The summed E-state index contributed by atoms with van der Waals surface area (Å²) in [5.41, 5.74) is 0. The Hall–Kier alpha value is -1.99. The van der Waals surface area contributed by atoms with Crippen LogP contribution in [0.5, 0.6) is 11.5 Å². The number of carbonyl (C=O) groups is 2. The third-order valence-corrected chi connectivity index (χ3v) is 5.53. The molecule has 0 aliphatic rings. The second-order valence-electron chi connectivity index (χ2n) is 4.56. The molecule has 0 unspecified atom stereocenters. The summed E-state index contributed by atoms with van der Waals surface area (Å²) >= 11 is -0.857. The van der Waals surface area contributed by atoms with Gasteiger partial charge in [-0.15, -0.1) is 0 Å². The molecule has 2 rings (SSSR count). The summed E-state index contributed by atoms with van der Waals surface area (Å²) in [6.45, 7) is 0. The Morgan fingerprint density at radius 2 is 1.78 bits per heavy atom. The predicted octanol–water partition coefficient (Wildman–Crippen LogP) is 2.35. The van der Waals surface area contributed by atoms with Crippen LogP contribution in [0.4, 0.5) is 13.2 Å². The van der Waals surface area contributed by atoms with E-state index in [0.29, 0.717) is 10.0 Å². The summed E-state index contributed by atoms with van der Waals surface area (Å²) < 4.78 is 50.8. The standard InChI is InChI=1S/C14H11F3O5Se/c1-21-8-3-6-10(4-9(8)22-2)23-12(11(6)15)7(18)5-14(16,17)13(19)20/h3-4H,5H2,1-2H3,(H,19,20). The number of rotatable bonds is 6. The van der Waals surface area contributed by atoms with Gasteiger partial charge in [-0.1, -0.05) is 0 Å². The number of methoxy groups -OCH3 is 2. The molecule has 0 spiro atoms. The minimum atomic E-state index is -4.23. The third-order valence-electron chi connectivity index (χ3n) is 3.08. The molecule has 124 valence electrons. The van der Waals surface area contributed by atoms with E-state index < -0.39 is 48.9 Å². The van der Waals surface area contributed by atoms with Crippen LogP contribution in [0.2, 0.25) is 0 Å². The van der Waals surface area contributed by atoms with Crippen molar-refractivity contribution in [3.8, 4) is 11.5 Å². The SMILES string of the molecule is COc1cc2[se]c(C(=O)CC(F)(F)C(=O)O)c(F)c2cc1OC. The second-order valence-corrected chi connectivity index (χ2v) is 6.77. The zero-order chi connectivity index (χ0) is 17.4. The molecule has 23 heavy (non-hydrogen) atoms. The van der Waals surface area contributed by atoms with E-state index in [1.54, 1.807) is 0 Å². The van der Waals surface area contributed by atoms with E-state index >= 15 is 0 Å². The molecule has 1 aromatic heterocycles. The Morgan fingerprint density at radius 3 is 2.30 bits per heavy atom. The molecule has 5 nitrogen and oxygen atoms in total. The summed E-state index contributed by atoms with van der Waals surface area (Å²) in [6, 6.07) is 2.80. The van der Waals surface area contributed by atoms with E-state index in [2.05, 4.69) is 0 Å². The average molecular weight is 395 g/mol. The van der Waals surface area contributed by atoms with Crippen LogP contribution in [0.15, 0.2) is 12.1 Å². The van der Waals surface area contributed by atoms with Gasteiger partial charge in [0.15, 0.2) is 0 Å². The molecule has 9 heteroatoms. The monoisotopic (exact) mass is 396 g/mol. The van der Waals surface area contributed by atoms with Gasteiger partial charge in [0, 0.05) is 0 Å². The van der Waals surface area contributed by atoms with E-state index in [1.165, 1.54) is 26.4 Å². The predicted molar refractivity (Wildman–Crippen MR) is 75.5 cm³/mol. The molecule has 0 aliphatic heterocycles. The van der Waals surface area contributed by atoms with Gasteiger partial charge in [0.1, 0.15) is 0 Å². The van der Waals surface area contributed by atoms with Crippen LogP contribution in [0, 0.1) is 5.82 Å². The molecule has 1 aromatic carbocycles. The quantitative estimate of drug-likeness (QED) is 0.601. The number of fused-ring (bicyclic) bond motifs is 1. The van der Waals surface area contributed by atoms with Crippen molar-refractivity contribution in [1.29, 1.82) is 0 Å². The van der Waals surface area contributed by atoms with Crippen LogP contribution in [0.1, 0.15) is 15.7 Å². The van der Waals surface area contributed by atoms with Gasteiger partial charge in [-0.3, -0.25) is 0 Å². The van der Waals surface area contributed by atoms with Gasteiger partial charge in [-0.05, 0) is 0 Å². The van der Waals surface area contributed by atoms with Crippen LogP contribution in [0.25, 0.3) is 9.65 Å². The number of Topliss-reactive ketones (excluding diaryl/α,β-unsaturated/α-hetero) is 1. The van der Waals surface area contributed by atoms with Gasteiger partial charge >= 0.3 is 134 Å². The zero-order valence-electron chi connectivity index (χ0n) is 12.0. The van der Waals surface area contributed by atoms with Crippen molar-refractivity contribution < 1.29 is 37.3 Å². The van der Waals surface area contributed by atoms with E-state index in [1.807, 2.05) is 0 Å². The number of halogens is 3. The summed E-state index contributed by atoms with van der Waals surface area (Å²) in [4.78, 5) is 22.3. The van der Waals surface area contributed by atoms with Crippen LogP contribution in [0.3, 0.4) is 0 Å². The van der Waals surface area contributed by atoms with E-state index in [-0.39, 0.29) is 11.1 Å². The maximum absolute atomic E-state index is 14.3. The third kappa shape index (κ3) is 3.20. The molecule has 0 aliphatic carbocycles. The van der Waals surface area contributed by atoms with E-state index in [9.17, 15) is 22.8 Å². The number of benzene rings is 1. The van der Waals surface area contributed by atoms with Crippen LogP contribution < -0.4 is 9.47 Å². The molecular formula is C14H11F3O5Se. The van der Waals surface area contributed by atoms with Gasteiger partial charge < -0.3 is 0 Å². The van der Waals surface area contributed by atoms with Gasteiger partial charge in [-0.2, -0.15) is 0 Å². The Labute approximate surface area is 134 Å². The van der Waals surface area contributed by atoms with Crippen LogP contribution >= 0.6 is 0 Å². The van der Waals surface area contributed by atoms with Gasteiger partial charge in [0.2, 0.25) is 0 Å². The number of hydrogen-bond acceptors (Lipinski definition) is 4. The Balaban J connectivity index is 2.48. The first kappa shape index (κ1) is 17.4. The molecule has 2 aromatic rings. The first-order chi connectivity index (χ1) is 10.7. The molecule has 0 bridgehead atoms. The first-order valence-electron chi connectivity index (χ1n) is 6.19. The van der Waals surface area contributed by atoms with Gasteiger partial charge in [0.25, 0.3) is 0 Å². The van der Waals surface area contributed by atoms with Crippen molar-refractivity contribution in [3.63, 3.8) is 0 Å². The van der Waals surface area contributed by atoms with Crippen LogP contribution in [-0.2, 0) is 4.79 Å². The molecule has 0 amide bonds. The van der Waals surface area contributed by atoms with Crippen LogP contribution in [-0.4, -0.2) is 51.5 Å². The summed E-state index contributed by atoms with van der Waals surface area (Å²) in [5, 5.41) is 8.44. The Morgan fingerprint density at radius 1 is 1.22 bits per heavy atom. The topological polar surface area (TPSA) is 72.8 Å². The van der Waals surface area contributed by atoms with Crippen molar-refractivity contribution >= 4 is 35.9 Å². The second kappa shape index (κ2) is 6.25. The molecule has 1 N–H and O–H groups in total. The summed E-state index contributed by atoms with van der Waals surface area (Å²) in [6.07, 6.45) is -1.57. The fourth-order valence-corrected chi connectivity index (χ4v) is 4.09. The molecule has 0 saturated heterocycles. The number of carboxylic acid groups (broad SMARTS) is 1. The van der Waals surface area contributed by atoms with Crippen molar-refractivity contribution in [2.45, 2.75) is 12.3 Å². The van der Waals surface area contributed by atoms with Crippen molar-refractivity contribution in [3.05, 3.63) is 22.4 Å². The van der Waals surface area contributed by atoms with Crippen molar-refractivity contribution in [2.24, 2.45) is 0 Å². The number of ether oxygens (including phenoxy) is 2. The molecule has 0 saturated carbocycles. The number of hydrogen-bond donors (Lipinski definition) is 1. The van der Waals surface area contributed by atoms with Crippen molar-refractivity contribution in [1.82, 2.24) is 0 Å². The Bertz CT molecular complexity index is 784. The van der Waals surface area contributed by atoms with Gasteiger partial charge in [-0.25, -0.2) is 0 Å². The molecule has 1 heterocycles. The Kier molecular flexibility index (Phi) is 4.72. The number of carbonyl (C=O) groups excluding carboxylic acids is 1. The number of alkyl halides is 2. The molecule has 0 fully saturated rings. The first-order valence-corrected chi connectivity index (χ1v) is 7.91. The normalized spacial score (nSPS) is 11.5. The number of ketones is 1. The van der Waals surface area contributed by atoms with Gasteiger partial charge in [0.05, 0.1) is 0 Å². The van der Waals surface area contributed by atoms with Crippen molar-refractivity contribution in [2.75, 3.05) is 14.2 Å².